The Labute approximate surface area is 117 Å². The average molecular weight is 299 g/mol. The smallest absolute Gasteiger partial charge is 0.304 e. The summed E-state index contributed by atoms with van der Waals surface area (Å²) in [6.07, 6.45) is -0.973. The fourth-order valence-electron chi connectivity index (χ4n) is 2.39. The van der Waals surface area contributed by atoms with Crippen molar-refractivity contribution in [3.05, 3.63) is 29.8 Å². The molecule has 1 aliphatic heterocycles. The van der Waals surface area contributed by atoms with Gasteiger partial charge in [0.1, 0.15) is 0 Å². The number of benzene rings is 1. The third-order valence-electron chi connectivity index (χ3n) is 3.38. The Balaban J connectivity index is 2.31. The van der Waals surface area contributed by atoms with E-state index in [9.17, 15) is 18.3 Å². The zero-order valence-electron chi connectivity index (χ0n) is 11.1. The fourth-order valence-corrected chi connectivity index (χ4v) is 4.06. The minimum Gasteiger partial charge on any atom is -0.481 e. The molecule has 7 heteroatoms. The Morgan fingerprint density at radius 3 is 2.50 bits per heavy atom. The summed E-state index contributed by atoms with van der Waals surface area (Å²) in [5.74, 6) is -1.08. The van der Waals surface area contributed by atoms with Gasteiger partial charge in [0.2, 0.25) is 10.0 Å². The largest absolute Gasteiger partial charge is 0.481 e. The molecule has 0 radical (unpaired) electrons. The fraction of sp³-hybridized carbons (Fsp3) is 0.462. The van der Waals surface area contributed by atoms with Crippen LogP contribution in [0.2, 0.25) is 0 Å². The lowest BCUT2D eigenvalue weighted by atomic mass is 10.1. The summed E-state index contributed by atoms with van der Waals surface area (Å²) < 4.78 is 26.1. The Kier molecular flexibility index (Phi) is 4.12. The van der Waals surface area contributed by atoms with E-state index in [0.717, 1.165) is 9.87 Å². The summed E-state index contributed by atoms with van der Waals surface area (Å²) in [7, 11) is -3.77. The lowest BCUT2D eigenvalue weighted by molar-refractivity contribution is -0.137. The molecule has 6 nitrogen and oxygen atoms in total. The predicted molar refractivity (Wildman–Crippen MR) is 71.7 cm³/mol. The van der Waals surface area contributed by atoms with E-state index < -0.39 is 28.1 Å². The standard InChI is InChI=1S/C13H17NO5S/c1-9-2-4-12(5-3-9)20(18,19)14-8-11(15)6-10(14)7-13(16)17/h2-5,10-11,15H,6-8H2,1H3,(H,16,17)/t10?,11-/m0/s1. The van der Waals surface area contributed by atoms with Gasteiger partial charge in [-0.1, -0.05) is 17.7 Å². The second-order valence-corrected chi connectivity index (χ2v) is 6.92. The number of hydrogen-bond donors (Lipinski definition) is 2. The number of aliphatic hydroxyl groups is 1. The highest BCUT2D eigenvalue weighted by atomic mass is 32.2. The molecule has 1 aromatic carbocycles. The van der Waals surface area contributed by atoms with Crippen LogP contribution in [0, 0.1) is 6.92 Å². The highest BCUT2D eigenvalue weighted by Crippen LogP contribution is 2.28. The van der Waals surface area contributed by atoms with Crippen LogP contribution in [0.25, 0.3) is 0 Å². The first-order valence-corrected chi connectivity index (χ1v) is 7.73. The van der Waals surface area contributed by atoms with E-state index in [0.29, 0.717) is 0 Å². The van der Waals surface area contributed by atoms with E-state index in [2.05, 4.69) is 0 Å². The maximum Gasteiger partial charge on any atom is 0.304 e. The molecule has 0 aromatic heterocycles. The van der Waals surface area contributed by atoms with Crippen LogP contribution in [0.3, 0.4) is 0 Å². The third-order valence-corrected chi connectivity index (χ3v) is 5.31. The second kappa shape index (κ2) is 5.51. The van der Waals surface area contributed by atoms with Crippen molar-refractivity contribution in [2.45, 2.75) is 36.8 Å². The van der Waals surface area contributed by atoms with Gasteiger partial charge in [0, 0.05) is 12.6 Å². The summed E-state index contributed by atoms with van der Waals surface area (Å²) >= 11 is 0. The number of carboxylic acids is 1. The van der Waals surface area contributed by atoms with Gasteiger partial charge in [-0.25, -0.2) is 8.42 Å². The van der Waals surface area contributed by atoms with Gasteiger partial charge in [-0.15, -0.1) is 0 Å². The summed E-state index contributed by atoms with van der Waals surface area (Å²) in [6, 6.07) is 5.66. The molecule has 20 heavy (non-hydrogen) atoms. The normalized spacial score (nSPS) is 23.9. The molecule has 1 heterocycles. The molecule has 1 fully saturated rings. The molecule has 0 bridgehead atoms. The maximum atomic E-state index is 12.5. The second-order valence-electron chi connectivity index (χ2n) is 5.03. The molecule has 0 amide bonds. The summed E-state index contributed by atoms with van der Waals surface area (Å²) in [5, 5.41) is 18.5. The number of aliphatic carboxylic acids is 1. The number of rotatable bonds is 4. The van der Waals surface area contributed by atoms with Crippen molar-refractivity contribution in [2.24, 2.45) is 0 Å². The predicted octanol–water partition coefficient (Wildman–Crippen LogP) is 0.594. The van der Waals surface area contributed by atoms with Gasteiger partial charge in [0.15, 0.2) is 0 Å². The molecule has 1 saturated heterocycles. The van der Waals surface area contributed by atoms with E-state index in [1.165, 1.54) is 12.1 Å². The molecular formula is C13H17NO5S. The Hall–Kier alpha value is -1.44. The quantitative estimate of drug-likeness (QED) is 0.848. The van der Waals surface area contributed by atoms with Crippen molar-refractivity contribution in [2.75, 3.05) is 6.54 Å². The van der Waals surface area contributed by atoms with Gasteiger partial charge in [-0.3, -0.25) is 4.79 Å². The minimum atomic E-state index is -3.77. The van der Waals surface area contributed by atoms with Gasteiger partial charge >= 0.3 is 5.97 Å². The van der Waals surface area contributed by atoms with Gasteiger partial charge in [-0.2, -0.15) is 4.31 Å². The number of carbonyl (C=O) groups is 1. The van der Waals surface area contributed by atoms with Crippen molar-refractivity contribution >= 4 is 16.0 Å². The molecule has 2 N–H and O–H groups in total. The zero-order valence-corrected chi connectivity index (χ0v) is 11.9. The summed E-state index contributed by atoms with van der Waals surface area (Å²) in [6.45, 7) is 1.79. The highest BCUT2D eigenvalue weighted by molar-refractivity contribution is 7.89. The molecular weight excluding hydrogens is 282 g/mol. The maximum absolute atomic E-state index is 12.5. The van der Waals surface area contributed by atoms with E-state index in [1.807, 2.05) is 6.92 Å². The number of aliphatic hydroxyl groups excluding tert-OH is 1. The van der Waals surface area contributed by atoms with Crippen molar-refractivity contribution in [3.8, 4) is 0 Å². The lowest BCUT2D eigenvalue weighted by Gasteiger charge is -2.22. The SMILES string of the molecule is Cc1ccc(S(=O)(=O)N2C[C@@H](O)CC2CC(=O)O)cc1. The van der Waals surface area contributed by atoms with Gasteiger partial charge in [-0.05, 0) is 25.5 Å². The van der Waals surface area contributed by atoms with E-state index in [-0.39, 0.29) is 24.3 Å². The number of β-amino-alcohol motifs (C(OH)–C–C–N with tert-alkyl or cyclic N) is 1. The first kappa shape index (κ1) is 15.0. The molecule has 1 aromatic rings. The van der Waals surface area contributed by atoms with Crippen LogP contribution in [0.15, 0.2) is 29.2 Å². The van der Waals surface area contributed by atoms with Gasteiger partial charge < -0.3 is 10.2 Å². The van der Waals surface area contributed by atoms with Crippen LogP contribution in [0.1, 0.15) is 18.4 Å². The molecule has 2 atom stereocenters. The molecule has 1 aliphatic rings. The molecule has 1 unspecified atom stereocenters. The lowest BCUT2D eigenvalue weighted by Crippen LogP contribution is -2.37. The monoisotopic (exact) mass is 299 g/mol. The molecule has 2 rings (SSSR count). The number of carboxylic acid groups (broad SMARTS) is 1. The average Bonchev–Trinajstić information content (AvgIpc) is 2.70. The summed E-state index contributed by atoms with van der Waals surface area (Å²) in [5.41, 5.74) is 0.937. The van der Waals surface area contributed by atoms with Crippen molar-refractivity contribution in [1.82, 2.24) is 4.31 Å². The first-order chi connectivity index (χ1) is 9.30. The Morgan fingerprint density at radius 2 is 1.95 bits per heavy atom. The van der Waals surface area contributed by atoms with Crippen molar-refractivity contribution < 1.29 is 23.4 Å². The van der Waals surface area contributed by atoms with E-state index >= 15 is 0 Å². The number of hydrogen-bond acceptors (Lipinski definition) is 4. The van der Waals surface area contributed by atoms with Gasteiger partial charge in [0.05, 0.1) is 17.4 Å². The molecule has 0 spiro atoms. The van der Waals surface area contributed by atoms with Crippen LogP contribution >= 0.6 is 0 Å². The number of nitrogens with zero attached hydrogens (tertiary/aromatic N) is 1. The molecule has 110 valence electrons. The number of sulfonamides is 1. The summed E-state index contributed by atoms with van der Waals surface area (Å²) in [4.78, 5) is 10.9. The van der Waals surface area contributed by atoms with E-state index in [1.54, 1.807) is 12.1 Å². The highest BCUT2D eigenvalue weighted by Gasteiger charge is 2.40. The molecule has 0 aliphatic carbocycles. The first-order valence-electron chi connectivity index (χ1n) is 6.29. The van der Waals surface area contributed by atoms with Crippen molar-refractivity contribution in [1.29, 1.82) is 0 Å². The van der Waals surface area contributed by atoms with Crippen LogP contribution in [-0.4, -0.2) is 47.6 Å². The third kappa shape index (κ3) is 3.00. The van der Waals surface area contributed by atoms with Gasteiger partial charge in [0.25, 0.3) is 0 Å². The van der Waals surface area contributed by atoms with Crippen LogP contribution in [-0.2, 0) is 14.8 Å². The van der Waals surface area contributed by atoms with Crippen LogP contribution in [0.4, 0.5) is 0 Å². The Bertz CT molecular complexity index is 596. The topological polar surface area (TPSA) is 94.9 Å². The minimum absolute atomic E-state index is 0.0614. The Morgan fingerprint density at radius 1 is 1.35 bits per heavy atom. The van der Waals surface area contributed by atoms with Crippen LogP contribution < -0.4 is 0 Å². The molecule has 0 saturated carbocycles. The van der Waals surface area contributed by atoms with E-state index in [4.69, 9.17) is 5.11 Å². The van der Waals surface area contributed by atoms with Crippen LogP contribution in [0.5, 0.6) is 0 Å². The zero-order chi connectivity index (χ0) is 14.9. The van der Waals surface area contributed by atoms with Crippen molar-refractivity contribution in [3.63, 3.8) is 0 Å². The number of aryl methyl sites for hydroxylation is 1.